The lowest BCUT2D eigenvalue weighted by molar-refractivity contribution is -0.150. The first kappa shape index (κ1) is 13.8. The molecule has 1 heterocycles. The van der Waals surface area contributed by atoms with Crippen LogP contribution in [-0.2, 0) is 24.5 Å². The van der Waals surface area contributed by atoms with Crippen LogP contribution in [0.5, 0.6) is 0 Å². The fourth-order valence-corrected chi connectivity index (χ4v) is 2.32. The summed E-state index contributed by atoms with van der Waals surface area (Å²) >= 11 is 0. The molecule has 17 heavy (non-hydrogen) atoms. The van der Waals surface area contributed by atoms with E-state index in [9.17, 15) is 21.9 Å². The molecule has 1 fully saturated rings. The van der Waals surface area contributed by atoms with Gasteiger partial charge in [-0.1, -0.05) is 0 Å². The van der Waals surface area contributed by atoms with Crippen molar-refractivity contribution in [1.82, 2.24) is 4.90 Å². The molecular weight excluding hydrogens is 257 g/mol. The predicted octanol–water partition coefficient (Wildman–Crippen LogP) is -1.01. The number of nitrogens with zero attached hydrogens (tertiary/aromatic N) is 1. The first-order chi connectivity index (χ1) is 7.77. The lowest BCUT2D eigenvalue weighted by Crippen LogP contribution is -2.45. The van der Waals surface area contributed by atoms with Crippen LogP contribution in [0.15, 0.2) is 0 Å². The van der Waals surface area contributed by atoms with Crippen LogP contribution in [0, 0.1) is 0 Å². The van der Waals surface area contributed by atoms with Crippen LogP contribution in [0.25, 0.3) is 0 Å². The minimum Gasteiger partial charge on any atom is -0.480 e. The summed E-state index contributed by atoms with van der Waals surface area (Å²) in [7, 11) is -3.59. The number of rotatable bonds is 5. The Morgan fingerprint density at radius 1 is 1.71 bits per heavy atom. The number of carbonyl (C=O) groups excluding carboxylic acids is 1. The van der Waals surface area contributed by atoms with Gasteiger partial charge >= 0.3 is 16.2 Å². The maximum absolute atomic E-state index is 12.7. The van der Waals surface area contributed by atoms with Crippen LogP contribution < -0.4 is 0 Å². The van der Waals surface area contributed by atoms with Crippen LogP contribution in [-0.4, -0.2) is 61.9 Å². The topological polar surface area (TPSA) is 101 Å². The average molecular weight is 269 g/mol. The largest absolute Gasteiger partial charge is 0.480 e. The molecule has 0 aromatic rings. The number of ether oxygens (including phenoxy) is 1. The fourth-order valence-electron chi connectivity index (χ4n) is 1.64. The van der Waals surface area contributed by atoms with E-state index < -0.39 is 46.4 Å². The van der Waals surface area contributed by atoms with Gasteiger partial charge in [-0.3, -0.25) is 4.79 Å². The van der Waals surface area contributed by atoms with Crippen LogP contribution in [0.3, 0.4) is 0 Å². The number of likely N-dealkylation sites (tertiary alicyclic amines) is 1. The Morgan fingerprint density at radius 3 is 2.65 bits per heavy atom. The summed E-state index contributed by atoms with van der Waals surface area (Å²) in [5.41, 5.74) is 0. The number of halogens is 1. The van der Waals surface area contributed by atoms with Gasteiger partial charge in [-0.25, -0.2) is 4.79 Å². The summed E-state index contributed by atoms with van der Waals surface area (Å²) in [6.07, 6.45) is -0.535. The van der Waals surface area contributed by atoms with E-state index in [1.54, 1.807) is 0 Å². The van der Waals surface area contributed by atoms with Crippen molar-refractivity contribution >= 4 is 22.1 Å². The average Bonchev–Trinajstić information content (AvgIpc) is 2.55. The van der Waals surface area contributed by atoms with Gasteiger partial charge in [0.2, 0.25) is 5.91 Å². The van der Waals surface area contributed by atoms with Crippen molar-refractivity contribution in [2.75, 3.05) is 20.3 Å². The summed E-state index contributed by atoms with van der Waals surface area (Å²) < 4.78 is 38.6. The van der Waals surface area contributed by atoms with Crippen molar-refractivity contribution in [3.63, 3.8) is 0 Å². The van der Waals surface area contributed by atoms with Gasteiger partial charge in [0, 0.05) is 20.1 Å². The first-order valence-electron chi connectivity index (χ1n) is 4.72. The molecule has 7 nitrogen and oxygen atoms in total. The minimum atomic E-state index is -4.84. The van der Waals surface area contributed by atoms with Gasteiger partial charge in [0.25, 0.3) is 0 Å². The molecule has 0 saturated carbocycles. The van der Waals surface area contributed by atoms with Crippen LogP contribution in [0.4, 0.5) is 3.89 Å². The third-order valence-corrected chi connectivity index (χ3v) is 3.62. The maximum Gasteiger partial charge on any atom is 0.328 e. The second-order valence-electron chi connectivity index (χ2n) is 3.66. The molecule has 1 unspecified atom stereocenters. The molecular formula is C8H12FNO6S. The van der Waals surface area contributed by atoms with Crippen molar-refractivity contribution in [2.45, 2.75) is 17.7 Å². The molecule has 9 heteroatoms. The van der Waals surface area contributed by atoms with Crippen molar-refractivity contribution in [2.24, 2.45) is 0 Å². The Morgan fingerprint density at radius 2 is 2.29 bits per heavy atom. The molecule has 1 rings (SSSR count). The highest BCUT2D eigenvalue weighted by molar-refractivity contribution is 7.87. The highest BCUT2D eigenvalue weighted by Gasteiger charge is 2.43. The number of carboxylic acid groups (broad SMARTS) is 1. The maximum atomic E-state index is 12.7. The summed E-state index contributed by atoms with van der Waals surface area (Å²) in [6, 6.07) is -1.29. The Hall–Kier alpha value is -1.22. The normalized spacial score (nSPS) is 22.8. The van der Waals surface area contributed by atoms with Crippen LogP contribution in [0.1, 0.15) is 6.42 Å². The number of methoxy groups -OCH3 is 1. The molecule has 0 radical (unpaired) electrons. The zero-order valence-electron chi connectivity index (χ0n) is 9.00. The van der Waals surface area contributed by atoms with Crippen LogP contribution in [0.2, 0.25) is 0 Å². The van der Waals surface area contributed by atoms with E-state index in [1.165, 1.54) is 7.11 Å². The Kier molecular flexibility index (Phi) is 4.04. The molecule has 1 aliphatic heterocycles. The molecule has 1 aliphatic rings. The van der Waals surface area contributed by atoms with Gasteiger partial charge in [0.15, 0.2) is 6.04 Å². The van der Waals surface area contributed by atoms with E-state index in [4.69, 9.17) is 5.11 Å². The Bertz CT molecular complexity index is 422. The van der Waals surface area contributed by atoms with Gasteiger partial charge in [0.1, 0.15) is 5.25 Å². The smallest absolute Gasteiger partial charge is 0.328 e. The zero-order valence-corrected chi connectivity index (χ0v) is 9.81. The number of carboxylic acids is 1. The zero-order chi connectivity index (χ0) is 13.2. The van der Waals surface area contributed by atoms with E-state index >= 15 is 0 Å². The Labute approximate surface area is 97.4 Å². The third kappa shape index (κ3) is 3.13. The second kappa shape index (κ2) is 4.96. The van der Waals surface area contributed by atoms with Crippen molar-refractivity contribution in [3.8, 4) is 0 Å². The number of hydrogen-bond donors (Lipinski definition) is 1. The number of aliphatic carboxylic acids is 1. The van der Waals surface area contributed by atoms with Gasteiger partial charge in [0.05, 0.1) is 6.61 Å². The van der Waals surface area contributed by atoms with Crippen molar-refractivity contribution in [3.05, 3.63) is 0 Å². The number of carbonyl (C=O) groups is 2. The molecule has 1 N–H and O–H groups in total. The summed E-state index contributed by atoms with van der Waals surface area (Å²) in [5, 5.41) is 7.36. The lowest BCUT2D eigenvalue weighted by atomic mass is 10.3. The highest BCUT2D eigenvalue weighted by Crippen LogP contribution is 2.22. The summed E-state index contributed by atoms with van der Waals surface area (Å²) in [6.45, 7) is -0.738. The SMILES string of the molecule is COC[C@@H](C(=O)O)N1CC(S(=O)(=O)F)CC1=O. The third-order valence-electron chi connectivity index (χ3n) is 2.51. The quantitative estimate of drug-likeness (QED) is 0.641. The summed E-state index contributed by atoms with van der Waals surface area (Å²) in [4.78, 5) is 23.1. The van der Waals surface area contributed by atoms with Gasteiger partial charge in [-0.2, -0.15) is 8.42 Å². The van der Waals surface area contributed by atoms with E-state index in [0.29, 0.717) is 0 Å². The molecule has 1 amide bonds. The molecule has 0 bridgehead atoms. The van der Waals surface area contributed by atoms with E-state index in [0.717, 1.165) is 4.90 Å². The van der Waals surface area contributed by atoms with Crippen molar-refractivity contribution in [1.29, 1.82) is 0 Å². The van der Waals surface area contributed by atoms with E-state index in [-0.39, 0.29) is 6.61 Å². The molecule has 98 valence electrons. The monoisotopic (exact) mass is 269 g/mol. The van der Waals surface area contributed by atoms with Crippen LogP contribution >= 0.6 is 0 Å². The molecule has 2 atom stereocenters. The van der Waals surface area contributed by atoms with Gasteiger partial charge in [-0.15, -0.1) is 3.89 Å². The van der Waals surface area contributed by atoms with Crippen molar-refractivity contribution < 1.29 is 31.7 Å². The fraction of sp³-hybridized carbons (Fsp3) is 0.750. The summed E-state index contributed by atoms with van der Waals surface area (Å²) in [5.74, 6) is -2.03. The predicted molar refractivity (Wildman–Crippen MR) is 53.4 cm³/mol. The molecule has 0 aromatic heterocycles. The second-order valence-corrected chi connectivity index (χ2v) is 5.27. The van der Waals surface area contributed by atoms with E-state index in [2.05, 4.69) is 4.74 Å². The van der Waals surface area contributed by atoms with Gasteiger partial charge in [-0.05, 0) is 0 Å². The lowest BCUT2D eigenvalue weighted by Gasteiger charge is -2.23. The van der Waals surface area contributed by atoms with E-state index in [1.807, 2.05) is 0 Å². The molecule has 0 aromatic carbocycles. The van der Waals surface area contributed by atoms with Gasteiger partial charge < -0.3 is 14.7 Å². The molecule has 0 spiro atoms. The number of amides is 1. The number of hydrogen-bond acceptors (Lipinski definition) is 5. The molecule has 1 saturated heterocycles. The minimum absolute atomic E-state index is 0.278. The Balaban J connectivity index is 2.85. The first-order valence-corrected chi connectivity index (χ1v) is 6.16. The highest BCUT2D eigenvalue weighted by atomic mass is 32.3. The standard InChI is InChI=1S/C8H12FNO6S/c1-16-4-6(8(12)13)10-3-5(2-7(10)11)17(9,14)15/h5-6H,2-4H2,1H3,(H,12,13)/t5?,6-/m0/s1. The molecule has 0 aliphatic carbocycles.